The van der Waals surface area contributed by atoms with Crippen molar-refractivity contribution in [3.63, 3.8) is 0 Å². The van der Waals surface area contributed by atoms with Crippen molar-refractivity contribution in [3.05, 3.63) is 35.9 Å². The number of aliphatic imine (C=N–C) groups is 1. The molecule has 1 aromatic carbocycles. The topological polar surface area (TPSA) is 46.1 Å². The highest BCUT2D eigenvalue weighted by atomic mass is 15.3. The molecule has 4 rings (SSSR count). The van der Waals surface area contributed by atoms with Gasteiger partial charge in [0.15, 0.2) is 5.96 Å². The number of nitrogens with one attached hydrogen (secondary N) is 2. The zero-order chi connectivity index (χ0) is 22.4. The second-order valence-corrected chi connectivity index (χ2v) is 10.3. The van der Waals surface area contributed by atoms with Crippen molar-refractivity contribution < 1.29 is 0 Å². The van der Waals surface area contributed by atoms with Crippen LogP contribution in [-0.2, 0) is 6.54 Å². The van der Waals surface area contributed by atoms with Gasteiger partial charge in [0.1, 0.15) is 0 Å². The Hall–Kier alpha value is -1.63. The quantitative estimate of drug-likeness (QED) is 0.526. The molecule has 3 heterocycles. The van der Waals surface area contributed by atoms with E-state index in [2.05, 4.69) is 74.6 Å². The van der Waals surface area contributed by atoms with Crippen molar-refractivity contribution in [2.45, 2.75) is 69.6 Å². The number of hydrogen-bond acceptors (Lipinski definition) is 4. The molecular weight excluding hydrogens is 396 g/mol. The second-order valence-electron chi connectivity index (χ2n) is 10.3. The van der Waals surface area contributed by atoms with Gasteiger partial charge >= 0.3 is 0 Å². The molecule has 0 bridgehead atoms. The van der Waals surface area contributed by atoms with Crippen molar-refractivity contribution in [2.24, 2.45) is 4.99 Å². The van der Waals surface area contributed by atoms with Gasteiger partial charge in [0.2, 0.25) is 0 Å². The van der Waals surface area contributed by atoms with Crippen LogP contribution in [0.1, 0.15) is 51.0 Å². The Morgan fingerprint density at radius 3 is 2.47 bits per heavy atom. The lowest BCUT2D eigenvalue weighted by molar-refractivity contribution is 0.0173. The third kappa shape index (κ3) is 5.83. The van der Waals surface area contributed by atoms with E-state index in [1.807, 2.05) is 7.05 Å². The molecule has 1 aromatic rings. The number of guanidine groups is 1. The highest BCUT2D eigenvalue weighted by molar-refractivity contribution is 5.80. The van der Waals surface area contributed by atoms with Crippen LogP contribution in [0, 0.1) is 0 Å². The molecule has 0 saturated carbocycles. The van der Waals surface area contributed by atoms with Crippen LogP contribution in [0.5, 0.6) is 0 Å². The van der Waals surface area contributed by atoms with E-state index in [1.54, 1.807) is 0 Å². The van der Waals surface area contributed by atoms with Crippen molar-refractivity contribution in [1.29, 1.82) is 0 Å². The maximum Gasteiger partial charge on any atom is 0.191 e. The van der Waals surface area contributed by atoms with E-state index < -0.39 is 0 Å². The fourth-order valence-corrected chi connectivity index (χ4v) is 5.89. The Morgan fingerprint density at radius 2 is 1.78 bits per heavy atom. The summed E-state index contributed by atoms with van der Waals surface area (Å²) >= 11 is 0. The first-order valence-electron chi connectivity index (χ1n) is 12.8. The maximum absolute atomic E-state index is 4.61. The van der Waals surface area contributed by atoms with Gasteiger partial charge in [-0.15, -0.1) is 0 Å². The third-order valence-electron chi connectivity index (χ3n) is 8.03. The van der Waals surface area contributed by atoms with Gasteiger partial charge in [-0.25, -0.2) is 0 Å². The first-order chi connectivity index (χ1) is 15.6. The van der Waals surface area contributed by atoms with Crippen LogP contribution < -0.4 is 10.6 Å². The summed E-state index contributed by atoms with van der Waals surface area (Å²) < 4.78 is 0. The van der Waals surface area contributed by atoms with Gasteiger partial charge in [-0.05, 0) is 77.8 Å². The van der Waals surface area contributed by atoms with Crippen LogP contribution in [0.2, 0.25) is 0 Å². The standard InChI is InChI=1S/C26H44N6/c1-22-18-24(20-31(22)19-23-10-6-4-7-11-23)29-25(27-2)28-21-26(12-16-30(3)17-13-26)32-14-8-5-9-15-32/h4,6-7,10-11,22,24H,5,8-9,12-21H2,1-3H3,(H2,27,28,29). The highest BCUT2D eigenvalue weighted by Gasteiger charge is 2.40. The Labute approximate surface area is 195 Å². The number of likely N-dealkylation sites (tertiary alicyclic amines) is 3. The van der Waals surface area contributed by atoms with Crippen molar-refractivity contribution in [3.8, 4) is 0 Å². The van der Waals surface area contributed by atoms with Gasteiger partial charge in [-0.1, -0.05) is 36.8 Å². The van der Waals surface area contributed by atoms with Crippen LogP contribution in [0.15, 0.2) is 35.3 Å². The highest BCUT2D eigenvalue weighted by Crippen LogP contribution is 2.31. The Kier molecular flexibility index (Phi) is 8.08. The largest absolute Gasteiger partial charge is 0.355 e. The zero-order valence-corrected chi connectivity index (χ0v) is 20.5. The van der Waals surface area contributed by atoms with Gasteiger partial charge in [0.05, 0.1) is 0 Å². The summed E-state index contributed by atoms with van der Waals surface area (Å²) in [5, 5.41) is 7.51. The molecule has 2 N–H and O–H groups in total. The minimum Gasteiger partial charge on any atom is -0.355 e. The fourth-order valence-electron chi connectivity index (χ4n) is 5.89. The summed E-state index contributed by atoms with van der Waals surface area (Å²) in [6.07, 6.45) is 7.75. The molecular formula is C26H44N6. The molecule has 0 amide bonds. The van der Waals surface area contributed by atoms with Gasteiger partial charge in [0, 0.05) is 44.3 Å². The van der Waals surface area contributed by atoms with Crippen LogP contribution >= 0.6 is 0 Å². The predicted molar refractivity (Wildman–Crippen MR) is 134 cm³/mol. The molecule has 3 aliphatic rings. The van der Waals surface area contributed by atoms with E-state index in [0.29, 0.717) is 12.1 Å². The minimum absolute atomic E-state index is 0.271. The van der Waals surface area contributed by atoms with E-state index in [9.17, 15) is 0 Å². The first-order valence-corrected chi connectivity index (χ1v) is 12.8. The van der Waals surface area contributed by atoms with Gasteiger partial charge < -0.3 is 15.5 Å². The maximum atomic E-state index is 4.61. The molecule has 3 saturated heterocycles. The summed E-state index contributed by atoms with van der Waals surface area (Å²) in [5.74, 6) is 0.971. The normalized spacial score (nSPS) is 28.0. The number of rotatable bonds is 6. The summed E-state index contributed by atoms with van der Waals surface area (Å²) in [6.45, 7) is 10.3. The number of nitrogens with zero attached hydrogens (tertiary/aromatic N) is 4. The van der Waals surface area contributed by atoms with Gasteiger partial charge in [0.25, 0.3) is 0 Å². The van der Waals surface area contributed by atoms with E-state index >= 15 is 0 Å². The molecule has 0 radical (unpaired) electrons. The van der Waals surface area contributed by atoms with Crippen molar-refractivity contribution >= 4 is 5.96 Å². The summed E-state index contributed by atoms with van der Waals surface area (Å²) in [4.78, 5) is 12.5. The van der Waals surface area contributed by atoms with Crippen LogP contribution in [-0.4, -0.2) is 91.6 Å². The average molecular weight is 441 g/mol. The van der Waals surface area contributed by atoms with E-state index in [-0.39, 0.29) is 5.54 Å². The molecule has 3 aliphatic heterocycles. The lowest BCUT2D eigenvalue weighted by Crippen LogP contribution is -2.62. The van der Waals surface area contributed by atoms with Crippen LogP contribution in [0.25, 0.3) is 0 Å². The summed E-state index contributed by atoms with van der Waals surface area (Å²) in [7, 11) is 4.17. The smallest absolute Gasteiger partial charge is 0.191 e. The predicted octanol–water partition coefficient (Wildman–Crippen LogP) is 2.76. The Balaban J connectivity index is 1.32. The molecule has 0 spiro atoms. The molecule has 0 aromatic heterocycles. The van der Waals surface area contributed by atoms with E-state index in [0.717, 1.165) is 32.0 Å². The molecule has 3 fully saturated rings. The summed E-state index contributed by atoms with van der Waals surface area (Å²) in [6, 6.07) is 11.9. The van der Waals surface area contributed by atoms with Crippen molar-refractivity contribution in [1.82, 2.24) is 25.3 Å². The molecule has 6 heteroatoms. The molecule has 0 aliphatic carbocycles. The van der Waals surface area contributed by atoms with Crippen LogP contribution in [0.3, 0.4) is 0 Å². The second kappa shape index (κ2) is 11.0. The fraction of sp³-hybridized carbons (Fsp3) is 0.731. The number of hydrogen-bond donors (Lipinski definition) is 2. The SMILES string of the molecule is CN=C(NCC1(N2CCCCC2)CCN(C)CC1)NC1CC(C)N(Cc2ccccc2)C1. The first kappa shape index (κ1) is 23.5. The molecule has 32 heavy (non-hydrogen) atoms. The van der Waals surface area contributed by atoms with Crippen LogP contribution in [0.4, 0.5) is 0 Å². The average Bonchev–Trinajstić information content (AvgIpc) is 3.17. The Bertz CT molecular complexity index is 721. The lowest BCUT2D eigenvalue weighted by Gasteiger charge is -2.50. The summed E-state index contributed by atoms with van der Waals surface area (Å²) in [5.41, 5.74) is 1.67. The van der Waals surface area contributed by atoms with E-state index in [4.69, 9.17) is 0 Å². The Morgan fingerprint density at radius 1 is 1.06 bits per heavy atom. The molecule has 2 unspecified atom stereocenters. The lowest BCUT2D eigenvalue weighted by atomic mass is 9.84. The number of piperidine rings is 2. The molecule has 178 valence electrons. The van der Waals surface area contributed by atoms with Gasteiger partial charge in [-0.3, -0.25) is 14.8 Å². The molecule has 6 nitrogen and oxygen atoms in total. The molecule has 2 atom stereocenters. The minimum atomic E-state index is 0.271. The van der Waals surface area contributed by atoms with Crippen molar-refractivity contribution in [2.75, 3.05) is 53.4 Å². The zero-order valence-electron chi connectivity index (χ0n) is 20.5. The third-order valence-corrected chi connectivity index (χ3v) is 8.03. The van der Waals surface area contributed by atoms with Gasteiger partial charge in [-0.2, -0.15) is 0 Å². The monoisotopic (exact) mass is 440 g/mol. The number of benzene rings is 1. The van der Waals surface area contributed by atoms with E-state index in [1.165, 1.54) is 63.8 Å².